The van der Waals surface area contributed by atoms with Crippen molar-refractivity contribution >= 4 is 33.5 Å². The number of guanidine groups is 1. The molecule has 1 aliphatic rings. The summed E-state index contributed by atoms with van der Waals surface area (Å²) in [5.41, 5.74) is 8.39. The summed E-state index contributed by atoms with van der Waals surface area (Å²) in [5, 5.41) is 0.721. The summed E-state index contributed by atoms with van der Waals surface area (Å²) in [4.78, 5) is 6.52. The van der Waals surface area contributed by atoms with Gasteiger partial charge in [0.2, 0.25) is 0 Å². The first-order valence-electron chi connectivity index (χ1n) is 6.70. The summed E-state index contributed by atoms with van der Waals surface area (Å²) >= 11 is 9.73. The molecule has 108 valence electrons. The zero-order valence-corrected chi connectivity index (χ0v) is 13.7. The average Bonchev–Trinajstić information content (AvgIpc) is 2.84. The lowest BCUT2D eigenvalue weighted by Gasteiger charge is -2.27. The Morgan fingerprint density at radius 3 is 2.76 bits per heavy atom. The van der Waals surface area contributed by atoms with Crippen LogP contribution in [0.4, 0.5) is 0 Å². The van der Waals surface area contributed by atoms with Gasteiger partial charge in [-0.1, -0.05) is 57.9 Å². The Kier molecular flexibility index (Phi) is 4.17. The molecule has 0 saturated carbocycles. The number of nitrogens with zero attached hydrogens (tertiary/aromatic N) is 2. The van der Waals surface area contributed by atoms with E-state index in [1.807, 2.05) is 36.4 Å². The first kappa shape index (κ1) is 14.4. The highest BCUT2D eigenvalue weighted by Crippen LogP contribution is 2.33. The Morgan fingerprint density at radius 1 is 1.24 bits per heavy atom. The third-order valence-electron chi connectivity index (χ3n) is 3.61. The van der Waals surface area contributed by atoms with Gasteiger partial charge in [-0.05, 0) is 29.3 Å². The molecule has 0 aliphatic carbocycles. The van der Waals surface area contributed by atoms with Gasteiger partial charge in [0.15, 0.2) is 5.96 Å². The molecule has 21 heavy (non-hydrogen) atoms. The first-order chi connectivity index (χ1) is 10.1. The number of hydrogen-bond acceptors (Lipinski definition) is 3. The number of hydrogen-bond donors (Lipinski definition) is 1. The second-order valence-corrected chi connectivity index (χ2v) is 6.28. The molecule has 0 radical (unpaired) electrons. The molecule has 0 aromatic heterocycles. The summed E-state index contributed by atoms with van der Waals surface area (Å²) in [6.07, 6.45) is 0. The SMILES string of the molecule is NC1=NCC(c2cc(Cl)ccc2Br)N1Cc1ccccc1. The molecule has 5 heteroatoms. The van der Waals surface area contributed by atoms with E-state index in [0.717, 1.165) is 21.6 Å². The highest BCUT2D eigenvalue weighted by atomic mass is 79.9. The molecule has 1 unspecified atom stereocenters. The molecule has 2 N–H and O–H groups in total. The monoisotopic (exact) mass is 363 g/mol. The number of aliphatic imine (C=N–C) groups is 1. The molecule has 1 atom stereocenters. The van der Waals surface area contributed by atoms with Crippen molar-refractivity contribution in [3.8, 4) is 0 Å². The second-order valence-electron chi connectivity index (χ2n) is 4.99. The fourth-order valence-electron chi connectivity index (χ4n) is 2.54. The Hall–Kier alpha value is -1.52. The fraction of sp³-hybridized carbons (Fsp3) is 0.188. The quantitative estimate of drug-likeness (QED) is 0.895. The normalized spacial score (nSPS) is 17.9. The lowest BCUT2D eigenvalue weighted by Crippen LogP contribution is -2.35. The summed E-state index contributed by atoms with van der Waals surface area (Å²) in [5.74, 6) is 0.579. The van der Waals surface area contributed by atoms with E-state index in [1.165, 1.54) is 5.56 Å². The van der Waals surface area contributed by atoms with Crippen molar-refractivity contribution in [1.82, 2.24) is 4.90 Å². The number of nitrogens with two attached hydrogens (primary N) is 1. The van der Waals surface area contributed by atoms with Gasteiger partial charge in [-0.25, -0.2) is 0 Å². The van der Waals surface area contributed by atoms with Gasteiger partial charge in [-0.3, -0.25) is 4.99 Å². The third-order valence-corrected chi connectivity index (χ3v) is 4.57. The minimum absolute atomic E-state index is 0.110. The summed E-state index contributed by atoms with van der Waals surface area (Å²) in [7, 11) is 0. The van der Waals surface area contributed by atoms with Crippen molar-refractivity contribution in [3.05, 3.63) is 69.2 Å². The van der Waals surface area contributed by atoms with E-state index >= 15 is 0 Å². The number of rotatable bonds is 3. The zero-order chi connectivity index (χ0) is 14.8. The molecule has 0 amide bonds. The van der Waals surface area contributed by atoms with Crippen LogP contribution in [-0.4, -0.2) is 17.4 Å². The van der Waals surface area contributed by atoms with E-state index in [4.69, 9.17) is 17.3 Å². The fourth-order valence-corrected chi connectivity index (χ4v) is 3.23. The predicted molar refractivity (Wildman–Crippen MR) is 90.4 cm³/mol. The van der Waals surface area contributed by atoms with Crippen molar-refractivity contribution in [3.63, 3.8) is 0 Å². The average molecular weight is 365 g/mol. The Labute approximate surface area is 137 Å². The van der Waals surface area contributed by atoms with E-state index in [0.29, 0.717) is 12.5 Å². The van der Waals surface area contributed by atoms with E-state index in [-0.39, 0.29) is 6.04 Å². The molecule has 3 nitrogen and oxygen atoms in total. The zero-order valence-electron chi connectivity index (χ0n) is 11.3. The smallest absolute Gasteiger partial charge is 0.192 e. The molecule has 1 heterocycles. The highest BCUT2D eigenvalue weighted by molar-refractivity contribution is 9.10. The van der Waals surface area contributed by atoms with E-state index in [1.54, 1.807) is 0 Å². The topological polar surface area (TPSA) is 41.6 Å². The molecule has 1 aliphatic heterocycles. The molecule has 3 rings (SSSR count). The lowest BCUT2D eigenvalue weighted by atomic mass is 10.1. The maximum Gasteiger partial charge on any atom is 0.192 e. The van der Waals surface area contributed by atoms with Crippen LogP contribution in [0.5, 0.6) is 0 Å². The molecule has 0 spiro atoms. The first-order valence-corrected chi connectivity index (χ1v) is 7.87. The largest absolute Gasteiger partial charge is 0.370 e. The van der Waals surface area contributed by atoms with Gasteiger partial charge in [0.1, 0.15) is 0 Å². The van der Waals surface area contributed by atoms with Crippen LogP contribution in [0, 0.1) is 0 Å². The minimum Gasteiger partial charge on any atom is -0.370 e. The molecule has 0 bridgehead atoms. The summed E-state index contributed by atoms with van der Waals surface area (Å²) < 4.78 is 1.03. The van der Waals surface area contributed by atoms with Gasteiger partial charge in [0, 0.05) is 16.0 Å². The second kappa shape index (κ2) is 6.08. The number of benzene rings is 2. The summed E-state index contributed by atoms with van der Waals surface area (Å²) in [6, 6.07) is 16.2. The van der Waals surface area contributed by atoms with Gasteiger partial charge < -0.3 is 10.6 Å². The van der Waals surface area contributed by atoms with Crippen molar-refractivity contribution in [1.29, 1.82) is 0 Å². The Balaban J connectivity index is 1.90. The van der Waals surface area contributed by atoms with Crippen LogP contribution in [0.1, 0.15) is 17.2 Å². The van der Waals surface area contributed by atoms with Gasteiger partial charge in [-0.15, -0.1) is 0 Å². The van der Waals surface area contributed by atoms with Gasteiger partial charge in [0.25, 0.3) is 0 Å². The minimum atomic E-state index is 0.110. The van der Waals surface area contributed by atoms with E-state index in [2.05, 4.69) is 38.0 Å². The Bertz CT molecular complexity index is 672. The van der Waals surface area contributed by atoms with Gasteiger partial charge in [-0.2, -0.15) is 0 Å². The van der Waals surface area contributed by atoms with Crippen LogP contribution in [0.15, 0.2) is 58.0 Å². The summed E-state index contributed by atoms with van der Waals surface area (Å²) in [6.45, 7) is 1.39. The molecule has 2 aromatic rings. The third kappa shape index (κ3) is 3.06. The molecule has 0 fully saturated rings. The van der Waals surface area contributed by atoms with Crippen molar-refractivity contribution < 1.29 is 0 Å². The van der Waals surface area contributed by atoms with Crippen LogP contribution in [0.3, 0.4) is 0 Å². The van der Waals surface area contributed by atoms with Crippen LogP contribution < -0.4 is 5.73 Å². The Morgan fingerprint density at radius 2 is 2.00 bits per heavy atom. The van der Waals surface area contributed by atoms with Crippen molar-refractivity contribution in [2.75, 3.05) is 6.54 Å². The molecule has 2 aromatic carbocycles. The maximum atomic E-state index is 6.13. The van der Waals surface area contributed by atoms with Crippen LogP contribution in [-0.2, 0) is 6.54 Å². The van der Waals surface area contributed by atoms with E-state index < -0.39 is 0 Å². The lowest BCUT2D eigenvalue weighted by molar-refractivity contribution is 0.339. The van der Waals surface area contributed by atoms with Crippen LogP contribution in [0.2, 0.25) is 5.02 Å². The number of halogens is 2. The molecule has 0 saturated heterocycles. The van der Waals surface area contributed by atoms with Crippen molar-refractivity contribution in [2.24, 2.45) is 10.7 Å². The van der Waals surface area contributed by atoms with Crippen molar-refractivity contribution in [2.45, 2.75) is 12.6 Å². The van der Waals surface area contributed by atoms with Crippen LogP contribution in [0.25, 0.3) is 0 Å². The van der Waals surface area contributed by atoms with Crippen LogP contribution >= 0.6 is 27.5 Å². The molecular formula is C16H15BrClN3. The van der Waals surface area contributed by atoms with E-state index in [9.17, 15) is 0 Å². The maximum absolute atomic E-state index is 6.13. The van der Waals surface area contributed by atoms with Gasteiger partial charge in [0.05, 0.1) is 12.6 Å². The molecular weight excluding hydrogens is 350 g/mol. The standard InChI is InChI=1S/C16H15BrClN3/c17-14-7-6-12(18)8-13(14)15-9-20-16(19)21(15)10-11-4-2-1-3-5-11/h1-8,15H,9-10H2,(H2,19,20). The highest BCUT2D eigenvalue weighted by Gasteiger charge is 2.29. The predicted octanol–water partition coefficient (Wildman–Crippen LogP) is 3.97. The van der Waals surface area contributed by atoms with Gasteiger partial charge >= 0.3 is 0 Å².